The Morgan fingerprint density at radius 1 is 1.03 bits per heavy atom. The maximum Gasteiger partial charge on any atom is 0.227 e. The van der Waals surface area contributed by atoms with Gasteiger partial charge in [-0.1, -0.05) is 12.1 Å². The number of anilines is 2. The number of aromatic nitrogens is 4. The van der Waals surface area contributed by atoms with E-state index in [1.807, 2.05) is 49.7 Å². The van der Waals surface area contributed by atoms with Crippen molar-refractivity contribution in [1.29, 1.82) is 0 Å². The summed E-state index contributed by atoms with van der Waals surface area (Å²) in [5, 5.41) is 3.12. The molecule has 0 unspecified atom stereocenters. The molecule has 0 bridgehead atoms. The second-order valence-corrected chi connectivity index (χ2v) is 7.65. The minimum atomic E-state index is 0.0170. The molecule has 1 N–H and O–H groups in total. The van der Waals surface area contributed by atoms with Gasteiger partial charge in [0, 0.05) is 43.2 Å². The number of carbonyl (C=O) groups is 1. The lowest BCUT2D eigenvalue weighted by Gasteiger charge is -2.32. The summed E-state index contributed by atoms with van der Waals surface area (Å²) in [4.78, 5) is 28.0. The third kappa shape index (κ3) is 4.13. The normalized spacial score (nSPS) is 14.8. The first-order valence-corrected chi connectivity index (χ1v) is 9.96. The molecule has 150 valence electrons. The summed E-state index contributed by atoms with van der Waals surface area (Å²) in [5.41, 5.74) is 3.15. The minimum Gasteiger partial charge on any atom is -0.356 e. The molecule has 1 aliphatic rings. The molecule has 2 aromatic heterocycles. The molecule has 1 saturated heterocycles. The van der Waals surface area contributed by atoms with Crippen molar-refractivity contribution >= 4 is 17.4 Å². The van der Waals surface area contributed by atoms with E-state index in [0.29, 0.717) is 0 Å². The van der Waals surface area contributed by atoms with E-state index in [4.69, 9.17) is 0 Å². The number of carbonyl (C=O) groups excluding carboxylic acids is 1. The van der Waals surface area contributed by atoms with Gasteiger partial charge in [0.05, 0.1) is 0 Å². The summed E-state index contributed by atoms with van der Waals surface area (Å²) in [5.74, 6) is 2.70. The summed E-state index contributed by atoms with van der Waals surface area (Å²) in [6.07, 6.45) is 6.85. The van der Waals surface area contributed by atoms with Crippen LogP contribution in [0.2, 0.25) is 0 Å². The lowest BCUT2D eigenvalue weighted by molar-refractivity contribution is -0.120. The van der Waals surface area contributed by atoms with E-state index in [-0.39, 0.29) is 11.8 Å². The number of amides is 1. The maximum atomic E-state index is 12.8. The fraction of sp³-hybridized carbons (Fsp3) is 0.364. The molecule has 0 aliphatic carbocycles. The Bertz CT molecular complexity index is 1020. The lowest BCUT2D eigenvalue weighted by atomic mass is 9.95. The van der Waals surface area contributed by atoms with Gasteiger partial charge in [-0.25, -0.2) is 15.0 Å². The molecule has 0 radical (unpaired) electrons. The number of hydrogen-bond acceptors (Lipinski definition) is 5. The van der Waals surface area contributed by atoms with Crippen LogP contribution in [0.25, 0.3) is 5.82 Å². The average molecular weight is 390 g/mol. The van der Waals surface area contributed by atoms with Crippen LogP contribution >= 0.6 is 0 Å². The highest BCUT2D eigenvalue weighted by Gasteiger charge is 2.26. The van der Waals surface area contributed by atoms with Crippen LogP contribution in [0, 0.1) is 26.7 Å². The van der Waals surface area contributed by atoms with Crippen LogP contribution in [0.5, 0.6) is 0 Å². The van der Waals surface area contributed by atoms with Gasteiger partial charge >= 0.3 is 0 Å². The first kappa shape index (κ1) is 19.1. The van der Waals surface area contributed by atoms with Crippen molar-refractivity contribution in [3.8, 4) is 5.82 Å². The van der Waals surface area contributed by atoms with Gasteiger partial charge in [-0.2, -0.15) is 0 Å². The van der Waals surface area contributed by atoms with Crippen molar-refractivity contribution in [3.63, 3.8) is 0 Å². The fourth-order valence-corrected chi connectivity index (χ4v) is 3.74. The second kappa shape index (κ2) is 8.03. The van der Waals surface area contributed by atoms with Crippen molar-refractivity contribution in [1.82, 2.24) is 19.5 Å². The highest BCUT2D eigenvalue weighted by molar-refractivity contribution is 5.93. The molecule has 1 aliphatic heterocycles. The molecular weight excluding hydrogens is 364 g/mol. The van der Waals surface area contributed by atoms with E-state index < -0.39 is 0 Å². The molecule has 1 aromatic carbocycles. The molecule has 3 aromatic rings. The van der Waals surface area contributed by atoms with Gasteiger partial charge in [0.15, 0.2) is 0 Å². The van der Waals surface area contributed by atoms with Crippen LogP contribution < -0.4 is 10.2 Å². The molecule has 3 heterocycles. The quantitative estimate of drug-likeness (QED) is 0.738. The van der Waals surface area contributed by atoms with Gasteiger partial charge in [0.25, 0.3) is 0 Å². The summed E-state index contributed by atoms with van der Waals surface area (Å²) < 4.78 is 1.94. The molecule has 29 heavy (non-hydrogen) atoms. The van der Waals surface area contributed by atoms with Crippen LogP contribution in [-0.2, 0) is 4.79 Å². The molecule has 1 amide bonds. The zero-order valence-corrected chi connectivity index (χ0v) is 17.1. The number of rotatable bonds is 4. The molecule has 4 rings (SSSR count). The van der Waals surface area contributed by atoms with Gasteiger partial charge in [-0.3, -0.25) is 9.36 Å². The van der Waals surface area contributed by atoms with E-state index in [1.165, 1.54) is 0 Å². The van der Waals surface area contributed by atoms with Crippen molar-refractivity contribution in [2.75, 3.05) is 23.3 Å². The van der Waals surface area contributed by atoms with Crippen molar-refractivity contribution < 1.29 is 4.79 Å². The van der Waals surface area contributed by atoms with Gasteiger partial charge in [0.1, 0.15) is 23.8 Å². The Kier molecular flexibility index (Phi) is 5.29. The summed E-state index contributed by atoms with van der Waals surface area (Å²) >= 11 is 0. The first-order chi connectivity index (χ1) is 14.0. The number of nitrogens with one attached hydrogen (secondary N) is 1. The van der Waals surface area contributed by atoms with Crippen molar-refractivity contribution in [3.05, 3.63) is 59.9 Å². The Morgan fingerprint density at radius 2 is 1.79 bits per heavy atom. The number of piperidine rings is 1. The van der Waals surface area contributed by atoms with E-state index in [0.717, 1.165) is 60.2 Å². The third-order valence-corrected chi connectivity index (χ3v) is 5.55. The first-order valence-electron chi connectivity index (χ1n) is 9.96. The van der Waals surface area contributed by atoms with E-state index in [9.17, 15) is 4.79 Å². The molecule has 0 saturated carbocycles. The topological polar surface area (TPSA) is 75.9 Å². The maximum absolute atomic E-state index is 12.8. The van der Waals surface area contributed by atoms with Crippen LogP contribution in [0.1, 0.15) is 29.8 Å². The zero-order valence-electron chi connectivity index (χ0n) is 17.1. The predicted octanol–water partition coefficient (Wildman–Crippen LogP) is 3.44. The lowest BCUT2D eigenvalue weighted by Crippen LogP contribution is -2.38. The Labute approximate surface area is 170 Å². The molecule has 1 fully saturated rings. The van der Waals surface area contributed by atoms with Crippen LogP contribution in [-0.4, -0.2) is 38.5 Å². The summed E-state index contributed by atoms with van der Waals surface area (Å²) in [6, 6.07) is 8.11. The molecule has 0 atom stereocenters. The van der Waals surface area contributed by atoms with Crippen LogP contribution in [0.15, 0.2) is 43.0 Å². The van der Waals surface area contributed by atoms with Crippen molar-refractivity contribution in [2.24, 2.45) is 5.92 Å². The van der Waals surface area contributed by atoms with E-state index in [2.05, 4.69) is 31.2 Å². The minimum absolute atomic E-state index is 0.0170. The van der Waals surface area contributed by atoms with Crippen LogP contribution in [0.4, 0.5) is 11.5 Å². The molecule has 7 heteroatoms. The third-order valence-electron chi connectivity index (χ3n) is 5.55. The number of hydrogen-bond donors (Lipinski definition) is 1. The summed E-state index contributed by atoms with van der Waals surface area (Å²) in [6.45, 7) is 7.59. The van der Waals surface area contributed by atoms with Gasteiger partial charge in [-0.05, 0) is 50.8 Å². The predicted molar refractivity (Wildman–Crippen MR) is 113 cm³/mol. The Morgan fingerprint density at radius 3 is 2.52 bits per heavy atom. The standard InChI is InChI=1S/C22H26N6O/c1-15-4-5-16(2)19(12-15)26-22(29)18-6-9-27(10-7-18)20-13-21(25-14-24-20)28-11-8-23-17(28)3/h4-5,8,11-14,18H,6-7,9-10H2,1-3H3,(H,26,29). The fourth-order valence-electron chi connectivity index (χ4n) is 3.74. The number of aryl methyl sites for hydroxylation is 3. The van der Waals surface area contributed by atoms with Gasteiger partial charge in [-0.15, -0.1) is 0 Å². The number of imidazole rings is 1. The van der Waals surface area contributed by atoms with E-state index in [1.54, 1.807) is 12.5 Å². The number of nitrogens with zero attached hydrogens (tertiary/aromatic N) is 5. The van der Waals surface area contributed by atoms with Crippen LogP contribution in [0.3, 0.4) is 0 Å². The summed E-state index contributed by atoms with van der Waals surface area (Å²) in [7, 11) is 0. The molecular formula is C22H26N6O. The van der Waals surface area contributed by atoms with E-state index >= 15 is 0 Å². The smallest absolute Gasteiger partial charge is 0.227 e. The highest BCUT2D eigenvalue weighted by atomic mass is 16.1. The number of benzene rings is 1. The van der Waals surface area contributed by atoms with Crippen molar-refractivity contribution in [2.45, 2.75) is 33.6 Å². The average Bonchev–Trinajstić information content (AvgIpc) is 3.17. The molecule has 0 spiro atoms. The monoisotopic (exact) mass is 390 g/mol. The van der Waals surface area contributed by atoms with Gasteiger partial charge in [0.2, 0.25) is 5.91 Å². The van der Waals surface area contributed by atoms with Gasteiger partial charge < -0.3 is 10.2 Å². The molecule has 7 nitrogen and oxygen atoms in total. The largest absolute Gasteiger partial charge is 0.356 e. The Balaban J connectivity index is 1.40. The Hall–Kier alpha value is -3.22. The highest BCUT2D eigenvalue weighted by Crippen LogP contribution is 2.25. The zero-order chi connectivity index (χ0) is 20.4. The second-order valence-electron chi connectivity index (χ2n) is 7.65. The SMILES string of the molecule is Cc1ccc(C)c(NC(=O)C2CCN(c3cc(-n4ccnc4C)ncn3)CC2)c1.